The lowest BCUT2D eigenvalue weighted by atomic mass is 10.1. The summed E-state index contributed by atoms with van der Waals surface area (Å²) in [7, 11) is 0. The van der Waals surface area contributed by atoms with Crippen LogP contribution in [0.2, 0.25) is 0 Å². The first-order valence-corrected chi connectivity index (χ1v) is 11.0. The maximum Gasteiger partial charge on any atom is 0.328 e. The zero-order valence-electron chi connectivity index (χ0n) is 15.9. The summed E-state index contributed by atoms with van der Waals surface area (Å²) in [5.74, 6) is -2.41. The van der Waals surface area contributed by atoms with Crippen molar-refractivity contribution < 1.29 is 19.5 Å². The average molecular weight is 542 g/mol. The van der Waals surface area contributed by atoms with Gasteiger partial charge in [0.2, 0.25) is 0 Å². The van der Waals surface area contributed by atoms with Crippen LogP contribution in [-0.2, 0) is 11.3 Å². The third-order valence-electron chi connectivity index (χ3n) is 5.57. The van der Waals surface area contributed by atoms with Gasteiger partial charge in [-0.15, -0.1) is 0 Å². The Balaban J connectivity index is 1.66. The largest absolute Gasteiger partial charge is 0.480 e. The molecule has 1 N–H and O–H groups in total. The van der Waals surface area contributed by atoms with Crippen LogP contribution < -0.4 is 0 Å². The summed E-state index contributed by atoms with van der Waals surface area (Å²) in [5, 5.41) is 11.9. The fourth-order valence-electron chi connectivity index (χ4n) is 4.18. The fraction of sp³-hybridized carbons (Fsp3) is 0.0870. The summed E-state index contributed by atoms with van der Waals surface area (Å²) in [6, 6.07) is 16.6. The van der Waals surface area contributed by atoms with Gasteiger partial charge in [-0.3, -0.25) is 14.5 Å². The molecular formula is C23H14Br2N2O4. The molecular weight excluding hydrogens is 528 g/mol. The molecule has 154 valence electrons. The highest BCUT2D eigenvalue weighted by Crippen LogP contribution is 2.34. The van der Waals surface area contributed by atoms with E-state index >= 15 is 0 Å². The van der Waals surface area contributed by atoms with Gasteiger partial charge in [0, 0.05) is 30.8 Å². The summed E-state index contributed by atoms with van der Waals surface area (Å²) in [4.78, 5) is 39.0. The zero-order chi connectivity index (χ0) is 21.9. The van der Waals surface area contributed by atoms with Gasteiger partial charge in [-0.05, 0) is 48.5 Å². The summed E-state index contributed by atoms with van der Waals surface area (Å²) in [6.07, 6.45) is 0. The quantitative estimate of drug-likeness (QED) is 0.366. The number of carboxylic acid groups (broad SMARTS) is 1. The van der Waals surface area contributed by atoms with E-state index in [-0.39, 0.29) is 17.7 Å². The van der Waals surface area contributed by atoms with Gasteiger partial charge in [-0.1, -0.05) is 44.0 Å². The highest BCUT2D eigenvalue weighted by atomic mass is 79.9. The lowest BCUT2D eigenvalue weighted by molar-refractivity contribution is -0.142. The molecule has 4 aromatic rings. The number of halogens is 2. The number of carbonyl (C=O) groups is 3. The number of rotatable bonds is 4. The first-order chi connectivity index (χ1) is 14.9. The Bertz CT molecular complexity index is 1330. The number of aliphatic carboxylic acids is 1. The minimum Gasteiger partial charge on any atom is -0.480 e. The van der Waals surface area contributed by atoms with Crippen molar-refractivity contribution in [2.45, 2.75) is 12.6 Å². The monoisotopic (exact) mass is 540 g/mol. The number of carboxylic acids is 1. The van der Waals surface area contributed by atoms with Crippen LogP contribution >= 0.6 is 31.9 Å². The molecule has 0 spiro atoms. The maximum atomic E-state index is 12.9. The maximum absolute atomic E-state index is 12.9. The summed E-state index contributed by atoms with van der Waals surface area (Å²) >= 11 is 6.99. The number of benzene rings is 3. The number of nitrogens with zero attached hydrogens (tertiary/aromatic N) is 2. The lowest BCUT2D eigenvalue weighted by Gasteiger charge is -2.24. The molecule has 2 amide bonds. The molecule has 1 aliphatic heterocycles. The van der Waals surface area contributed by atoms with Crippen LogP contribution in [-0.4, -0.2) is 38.4 Å². The van der Waals surface area contributed by atoms with E-state index in [1.165, 1.54) is 0 Å². The molecule has 0 saturated heterocycles. The molecule has 1 atom stereocenters. The van der Waals surface area contributed by atoms with E-state index in [1.54, 1.807) is 24.3 Å². The molecule has 5 rings (SSSR count). The van der Waals surface area contributed by atoms with Crippen molar-refractivity contribution in [1.29, 1.82) is 0 Å². The van der Waals surface area contributed by atoms with Crippen molar-refractivity contribution in [3.05, 3.63) is 80.7 Å². The number of imide groups is 1. The topological polar surface area (TPSA) is 79.6 Å². The number of fused-ring (bicyclic) bond motifs is 4. The zero-order valence-corrected chi connectivity index (χ0v) is 19.1. The van der Waals surface area contributed by atoms with Gasteiger partial charge in [-0.25, -0.2) is 4.79 Å². The molecule has 6 nitrogen and oxygen atoms in total. The Morgan fingerprint density at radius 2 is 1.32 bits per heavy atom. The number of hydrogen-bond acceptors (Lipinski definition) is 3. The van der Waals surface area contributed by atoms with Gasteiger partial charge >= 0.3 is 5.97 Å². The highest BCUT2D eigenvalue weighted by Gasteiger charge is 2.43. The van der Waals surface area contributed by atoms with Crippen LogP contribution in [0.4, 0.5) is 0 Å². The van der Waals surface area contributed by atoms with Crippen molar-refractivity contribution in [1.82, 2.24) is 9.47 Å². The van der Waals surface area contributed by atoms with Crippen molar-refractivity contribution in [3.63, 3.8) is 0 Å². The first kappa shape index (κ1) is 20.0. The van der Waals surface area contributed by atoms with Crippen molar-refractivity contribution in [3.8, 4) is 0 Å². The number of aromatic nitrogens is 1. The van der Waals surface area contributed by atoms with E-state index < -0.39 is 23.8 Å². The number of carbonyl (C=O) groups excluding carboxylic acids is 2. The van der Waals surface area contributed by atoms with Gasteiger partial charge in [0.05, 0.1) is 17.7 Å². The SMILES string of the molecule is O=C(O)C(Cn1c2ccc(Br)cc2c2cc(Br)ccc21)N1C(=O)c2ccccc2C1=O. The minimum absolute atomic E-state index is 0.0654. The summed E-state index contributed by atoms with van der Waals surface area (Å²) in [6.45, 7) is -0.0654. The van der Waals surface area contributed by atoms with E-state index in [2.05, 4.69) is 31.9 Å². The Morgan fingerprint density at radius 3 is 1.77 bits per heavy atom. The normalized spacial score (nSPS) is 14.5. The lowest BCUT2D eigenvalue weighted by Crippen LogP contribution is -2.47. The van der Waals surface area contributed by atoms with E-state index in [9.17, 15) is 19.5 Å². The van der Waals surface area contributed by atoms with Gasteiger partial charge in [0.25, 0.3) is 11.8 Å². The summed E-state index contributed by atoms with van der Waals surface area (Å²) < 4.78 is 3.65. The second kappa shape index (κ2) is 7.32. The Labute approximate surface area is 193 Å². The van der Waals surface area contributed by atoms with Gasteiger partial charge < -0.3 is 9.67 Å². The second-order valence-corrected chi connectivity index (χ2v) is 9.14. The van der Waals surface area contributed by atoms with Crippen LogP contribution in [0.15, 0.2) is 69.6 Å². The predicted molar refractivity (Wildman–Crippen MR) is 123 cm³/mol. The van der Waals surface area contributed by atoms with E-state index in [0.29, 0.717) is 0 Å². The number of amides is 2. The molecule has 0 aliphatic carbocycles. The Kier molecular flexibility index (Phi) is 4.71. The molecule has 2 heterocycles. The van der Waals surface area contributed by atoms with Crippen LogP contribution in [0.5, 0.6) is 0 Å². The minimum atomic E-state index is -1.35. The molecule has 0 bridgehead atoms. The van der Waals surface area contributed by atoms with E-state index in [1.807, 2.05) is 41.0 Å². The average Bonchev–Trinajstić information content (AvgIpc) is 3.17. The molecule has 0 saturated carbocycles. The van der Waals surface area contributed by atoms with Gasteiger partial charge in [0.1, 0.15) is 0 Å². The molecule has 1 aromatic heterocycles. The van der Waals surface area contributed by atoms with Crippen molar-refractivity contribution >= 4 is 71.4 Å². The second-order valence-electron chi connectivity index (χ2n) is 7.31. The molecule has 1 aliphatic rings. The molecule has 3 aromatic carbocycles. The molecule has 31 heavy (non-hydrogen) atoms. The van der Waals surface area contributed by atoms with E-state index in [0.717, 1.165) is 35.7 Å². The van der Waals surface area contributed by atoms with Crippen LogP contribution in [0.3, 0.4) is 0 Å². The predicted octanol–water partition coefficient (Wildman–Crippen LogP) is 5.07. The fourth-order valence-corrected chi connectivity index (χ4v) is 4.90. The van der Waals surface area contributed by atoms with Crippen molar-refractivity contribution in [2.75, 3.05) is 0 Å². The molecule has 8 heteroatoms. The molecule has 0 fully saturated rings. The van der Waals surface area contributed by atoms with E-state index in [4.69, 9.17) is 0 Å². The van der Waals surface area contributed by atoms with Gasteiger partial charge in [-0.2, -0.15) is 0 Å². The van der Waals surface area contributed by atoms with Gasteiger partial charge in [0.15, 0.2) is 6.04 Å². The first-order valence-electron chi connectivity index (χ1n) is 9.43. The molecule has 1 unspecified atom stereocenters. The molecule has 0 radical (unpaired) electrons. The standard InChI is InChI=1S/C23H14Br2N2O4/c24-12-5-7-18-16(9-12)17-10-13(25)6-8-19(17)26(18)11-20(23(30)31)27-21(28)14-3-1-2-4-15(14)22(27)29/h1-10,20H,11H2,(H,30,31). The van der Waals surface area contributed by atoms with Crippen LogP contribution in [0, 0.1) is 0 Å². The van der Waals surface area contributed by atoms with Crippen LogP contribution in [0.25, 0.3) is 21.8 Å². The number of hydrogen-bond donors (Lipinski definition) is 1. The third-order valence-corrected chi connectivity index (χ3v) is 6.55. The third kappa shape index (κ3) is 3.09. The smallest absolute Gasteiger partial charge is 0.328 e. The summed E-state index contributed by atoms with van der Waals surface area (Å²) in [5.41, 5.74) is 2.10. The Hall–Kier alpha value is -2.97. The van der Waals surface area contributed by atoms with Crippen molar-refractivity contribution in [2.24, 2.45) is 0 Å². The highest BCUT2D eigenvalue weighted by molar-refractivity contribution is 9.10. The van der Waals surface area contributed by atoms with Crippen LogP contribution in [0.1, 0.15) is 20.7 Å². The Morgan fingerprint density at radius 1 is 0.839 bits per heavy atom.